The second kappa shape index (κ2) is 12.1. The van der Waals surface area contributed by atoms with Crippen LogP contribution in [0.15, 0.2) is 186 Å². The van der Waals surface area contributed by atoms with Crippen molar-refractivity contribution in [2.24, 2.45) is 0 Å². The Bertz CT molecular complexity index is 3220. The minimum absolute atomic E-state index is 0.554. The largest absolute Gasteiger partial charge is 0.455 e. The van der Waals surface area contributed by atoms with Crippen LogP contribution >= 0.6 is 0 Å². The second-order valence-electron chi connectivity index (χ2n) is 13.6. The van der Waals surface area contributed by atoms with Crippen molar-refractivity contribution in [2.75, 3.05) is 0 Å². The maximum absolute atomic E-state index is 6.83. The molecule has 0 spiro atoms. The topological polar surface area (TPSA) is 56.7 Å². The predicted octanol–water partition coefficient (Wildman–Crippen LogP) is 12.7. The molecule has 5 heteroatoms. The molecule has 0 aliphatic rings. The standard InChI is InChI=1S/C49H30N4O/c1-3-14-31(15-4-1)33-20-11-21-36(28-33)48-50-47(32-16-5-2-6-17-32)51-49(52-48)39-24-12-23-38-45-42(26-13-27-44(45)54-46(38)39)53-41-25-10-9-22-37(41)40-29-34-18-7-8-19-35(34)30-43(40)53/h1-30H. The van der Waals surface area contributed by atoms with Crippen molar-refractivity contribution in [3.8, 4) is 51.0 Å². The van der Waals surface area contributed by atoms with Crippen molar-refractivity contribution in [1.82, 2.24) is 19.5 Å². The van der Waals surface area contributed by atoms with Crippen LogP contribution < -0.4 is 0 Å². The van der Waals surface area contributed by atoms with Gasteiger partial charge in [0, 0.05) is 27.3 Å². The summed E-state index contributed by atoms with van der Waals surface area (Å²) in [4.78, 5) is 15.3. The Morgan fingerprint density at radius 3 is 1.83 bits per heavy atom. The highest BCUT2D eigenvalue weighted by Crippen LogP contribution is 2.42. The van der Waals surface area contributed by atoms with Gasteiger partial charge in [-0.1, -0.05) is 140 Å². The Morgan fingerprint density at radius 1 is 0.389 bits per heavy atom. The first-order chi connectivity index (χ1) is 26.8. The van der Waals surface area contributed by atoms with Crippen LogP contribution in [0.2, 0.25) is 0 Å². The van der Waals surface area contributed by atoms with Crippen LogP contribution in [0.4, 0.5) is 0 Å². The predicted molar refractivity (Wildman–Crippen MR) is 221 cm³/mol. The SMILES string of the molecule is c1ccc(-c2cccc(-c3nc(-c4ccccc4)nc(-c4cccc5c4oc4cccc(-n6c7ccccc7c7cc8ccccc8cc76)c45)n3)c2)cc1. The Labute approximate surface area is 310 Å². The van der Waals surface area contributed by atoms with Gasteiger partial charge in [-0.25, -0.2) is 15.0 Å². The Morgan fingerprint density at radius 2 is 1.00 bits per heavy atom. The number of fused-ring (bicyclic) bond motifs is 7. The highest BCUT2D eigenvalue weighted by atomic mass is 16.3. The zero-order valence-corrected chi connectivity index (χ0v) is 29.0. The van der Waals surface area contributed by atoms with Crippen molar-refractivity contribution >= 4 is 54.5 Å². The first kappa shape index (κ1) is 30.3. The number of benzene rings is 8. The van der Waals surface area contributed by atoms with Crippen LogP contribution in [0.25, 0.3) is 105 Å². The lowest BCUT2D eigenvalue weighted by Crippen LogP contribution is -2.00. The average Bonchev–Trinajstić information content (AvgIpc) is 3.79. The summed E-state index contributed by atoms with van der Waals surface area (Å²) >= 11 is 0. The molecule has 0 fully saturated rings. The molecule has 0 bridgehead atoms. The van der Waals surface area contributed by atoms with Gasteiger partial charge in [-0.15, -0.1) is 0 Å². The van der Waals surface area contributed by atoms with Crippen LogP contribution in [0.5, 0.6) is 0 Å². The highest BCUT2D eigenvalue weighted by molar-refractivity contribution is 6.17. The summed E-state index contributed by atoms with van der Waals surface area (Å²) in [7, 11) is 0. The molecule has 11 aromatic rings. The number of rotatable bonds is 5. The number of para-hydroxylation sites is 2. The molecule has 0 saturated heterocycles. The van der Waals surface area contributed by atoms with E-state index in [0.29, 0.717) is 17.5 Å². The van der Waals surface area contributed by atoms with Crippen molar-refractivity contribution in [2.45, 2.75) is 0 Å². The van der Waals surface area contributed by atoms with E-state index in [-0.39, 0.29) is 0 Å². The normalized spacial score (nSPS) is 11.7. The molecule has 0 amide bonds. The van der Waals surface area contributed by atoms with Crippen LogP contribution in [-0.2, 0) is 0 Å². The van der Waals surface area contributed by atoms with E-state index in [1.807, 2.05) is 42.5 Å². The second-order valence-corrected chi connectivity index (χ2v) is 13.6. The summed E-state index contributed by atoms with van der Waals surface area (Å²) in [5.74, 6) is 1.76. The molecule has 0 saturated carbocycles. The zero-order valence-electron chi connectivity index (χ0n) is 29.0. The van der Waals surface area contributed by atoms with E-state index in [0.717, 1.165) is 66.5 Å². The van der Waals surface area contributed by atoms with Crippen molar-refractivity contribution in [1.29, 1.82) is 0 Å². The Kier molecular flexibility index (Phi) is 6.79. The van der Waals surface area contributed by atoms with Gasteiger partial charge in [0.2, 0.25) is 0 Å². The fourth-order valence-corrected chi connectivity index (χ4v) is 7.92. The number of aromatic nitrogens is 4. The molecule has 0 unspecified atom stereocenters. The maximum Gasteiger partial charge on any atom is 0.167 e. The van der Waals surface area contributed by atoms with E-state index in [2.05, 4.69) is 144 Å². The number of furan rings is 1. The van der Waals surface area contributed by atoms with E-state index >= 15 is 0 Å². The van der Waals surface area contributed by atoms with Gasteiger partial charge in [-0.2, -0.15) is 0 Å². The fourth-order valence-electron chi connectivity index (χ4n) is 7.92. The molecule has 0 radical (unpaired) electrons. The van der Waals surface area contributed by atoms with E-state index in [4.69, 9.17) is 19.4 Å². The van der Waals surface area contributed by atoms with E-state index in [9.17, 15) is 0 Å². The molecular formula is C49H30N4O. The highest BCUT2D eigenvalue weighted by Gasteiger charge is 2.22. The third-order valence-corrected chi connectivity index (χ3v) is 10.4. The summed E-state index contributed by atoms with van der Waals surface area (Å²) < 4.78 is 9.21. The molecule has 0 aliphatic heterocycles. The van der Waals surface area contributed by atoms with Gasteiger partial charge < -0.3 is 8.98 Å². The molecule has 0 atom stereocenters. The monoisotopic (exact) mass is 690 g/mol. The Hall–Kier alpha value is -7.37. The minimum Gasteiger partial charge on any atom is -0.455 e. The maximum atomic E-state index is 6.83. The van der Waals surface area contributed by atoms with Crippen molar-refractivity contribution < 1.29 is 4.42 Å². The lowest BCUT2D eigenvalue weighted by molar-refractivity contribution is 0.669. The number of nitrogens with zero attached hydrogens (tertiary/aromatic N) is 4. The molecule has 8 aromatic carbocycles. The van der Waals surface area contributed by atoms with Crippen LogP contribution in [0.3, 0.4) is 0 Å². The summed E-state index contributed by atoms with van der Waals surface area (Å²) in [6.07, 6.45) is 0. The molecule has 3 aromatic heterocycles. The summed E-state index contributed by atoms with van der Waals surface area (Å²) in [6, 6.07) is 63.3. The minimum atomic E-state index is 0.554. The van der Waals surface area contributed by atoms with Gasteiger partial charge in [0.05, 0.1) is 27.7 Å². The first-order valence-corrected chi connectivity index (χ1v) is 18.1. The van der Waals surface area contributed by atoms with Crippen LogP contribution in [0.1, 0.15) is 0 Å². The van der Waals surface area contributed by atoms with Gasteiger partial charge in [-0.3, -0.25) is 0 Å². The summed E-state index contributed by atoms with van der Waals surface area (Å²) in [6.45, 7) is 0. The lowest BCUT2D eigenvalue weighted by atomic mass is 10.0. The molecular weight excluding hydrogens is 661 g/mol. The van der Waals surface area contributed by atoms with Gasteiger partial charge in [0.15, 0.2) is 17.5 Å². The lowest BCUT2D eigenvalue weighted by Gasteiger charge is -2.11. The Balaban J connectivity index is 1.15. The van der Waals surface area contributed by atoms with E-state index in [1.165, 1.54) is 21.5 Å². The molecule has 252 valence electrons. The molecule has 3 heterocycles. The number of hydrogen-bond donors (Lipinski definition) is 0. The summed E-state index contributed by atoms with van der Waals surface area (Å²) in [5, 5.41) is 6.90. The van der Waals surface area contributed by atoms with E-state index < -0.39 is 0 Å². The zero-order chi connectivity index (χ0) is 35.6. The fraction of sp³-hybridized carbons (Fsp3) is 0. The van der Waals surface area contributed by atoms with Crippen LogP contribution in [-0.4, -0.2) is 19.5 Å². The van der Waals surface area contributed by atoms with Gasteiger partial charge in [-0.05, 0) is 64.4 Å². The molecule has 0 aliphatic carbocycles. The average molecular weight is 691 g/mol. The van der Waals surface area contributed by atoms with Gasteiger partial charge in [0.1, 0.15) is 11.2 Å². The van der Waals surface area contributed by atoms with E-state index in [1.54, 1.807) is 0 Å². The molecule has 54 heavy (non-hydrogen) atoms. The molecule has 0 N–H and O–H groups in total. The van der Waals surface area contributed by atoms with Crippen LogP contribution in [0, 0.1) is 0 Å². The van der Waals surface area contributed by atoms with Gasteiger partial charge in [0.25, 0.3) is 0 Å². The smallest absolute Gasteiger partial charge is 0.167 e. The van der Waals surface area contributed by atoms with Crippen molar-refractivity contribution in [3.05, 3.63) is 182 Å². The van der Waals surface area contributed by atoms with Gasteiger partial charge >= 0.3 is 0 Å². The third kappa shape index (κ3) is 4.83. The molecule has 11 rings (SSSR count). The third-order valence-electron chi connectivity index (χ3n) is 10.4. The quantitative estimate of drug-likeness (QED) is 0.180. The number of hydrogen-bond acceptors (Lipinski definition) is 4. The summed E-state index contributed by atoms with van der Waals surface area (Å²) in [5.41, 5.74) is 9.77. The molecule has 5 nitrogen and oxygen atoms in total. The van der Waals surface area contributed by atoms with Crippen molar-refractivity contribution in [3.63, 3.8) is 0 Å². The first-order valence-electron chi connectivity index (χ1n) is 18.1.